The van der Waals surface area contributed by atoms with E-state index in [0.717, 1.165) is 11.8 Å². The van der Waals surface area contributed by atoms with Crippen LogP contribution in [0.2, 0.25) is 0 Å². The fraction of sp³-hybridized carbons (Fsp3) is 0.231. The maximum Gasteiger partial charge on any atom is 0.222 e. The van der Waals surface area contributed by atoms with Gasteiger partial charge in [-0.05, 0) is 6.92 Å². The second kappa shape index (κ2) is 4.41. The predicted molar refractivity (Wildman–Crippen MR) is 65.3 cm³/mol. The number of aromatic nitrogens is 2. The van der Waals surface area contributed by atoms with Gasteiger partial charge in [-0.3, -0.25) is 4.79 Å². The van der Waals surface area contributed by atoms with Crippen LogP contribution < -0.4 is 4.74 Å². The SMILES string of the molecule is COc1c(C=O)c(-c2ccc(C)cc2)nn1C. The van der Waals surface area contributed by atoms with Crippen LogP contribution in [0.5, 0.6) is 5.88 Å². The summed E-state index contributed by atoms with van der Waals surface area (Å²) in [4.78, 5) is 11.1. The molecule has 0 spiro atoms. The van der Waals surface area contributed by atoms with Crippen molar-refractivity contribution in [1.29, 1.82) is 0 Å². The number of carbonyl (C=O) groups excluding carboxylic acids is 1. The summed E-state index contributed by atoms with van der Waals surface area (Å²) in [7, 11) is 3.28. The minimum atomic E-state index is 0.482. The first-order chi connectivity index (χ1) is 8.17. The molecule has 0 aliphatic carbocycles. The Morgan fingerprint density at radius 2 is 1.94 bits per heavy atom. The van der Waals surface area contributed by atoms with Crippen LogP contribution in [0.3, 0.4) is 0 Å². The minimum absolute atomic E-state index is 0.482. The smallest absolute Gasteiger partial charge is 0.222 e. The van der Waals surface area contributed by atoms with Gasteiger partial charge in [-0.15, -0.1) is 0 Å². The quantitative estimate of drug-likeness (QED) is 0.759. The first-order valence-corrected chi connectivity index (χ1v) is 5.30. The molecule has 1 aromatic heterocycles. The molecular formula is C13H14N2O2. The summed E-state index contributed by atoms with van der Waals surface area (Å²) in [6.45, 7) is 2.02. The Balaban J connectivity index is 2.59. The number of methoxy groups -OCH3 is 1. The maximum absolute atomic E-state index is 11.1. The minimum Gasteiger partial charge on any atom is -0.481 e. The number of aldehydes is 1. The number of aryl methyl sites for hydroxylation is 2. The molecule has 0 aliphatic heterocycles. The van der Waals surface area contributed by atoms with Gasteiger partial charge < -0.3 is 4.74 Å². The maximum atomic E-state index is 11.1. The zero-order chi connectivity index (χ0) is 12.4. The van der Waals surface area contributed by atoms with E-state index < -0.39 is 0 Å². The fourth-order valence-corrected chi connectivity index (χ4v) is 1.80. The molecule has 0 saturated carbocycles. The summed E-state index contributed by atoms with van der Waals surface area (Å²) in [5, 5.41) is 4.31. The molecule has 0 atom stereocenters. The van der Waals surface area contributed by atoms with Crippen LogP contribution in [0, 0.1) is 6.92 Å². The van der Waals surface area contributed by atoms with Gasteiger partial charge in [0.2, 0.25) is 5.88 Å². The Bertz CT molecular complexity index is 541. The molecule has 17 heavy (non-hydrogen) atoms. The second-order valence-electron chi connectivity index (χ2n) is 3.88. The van der Waals surface area contributed by atoms with Gasteiger partial charge in [-0.25, -0.2) is 4.68 Å². The Morgan fingerprint density at radius 3 is 2.47 bits per heavy atom. The molecule has 0 fully saturated rings. The lowest BCUT2D eigenvalue weighted by molar-refractivity contribution is 0.112. The van der Waals surface area contributed by atoms with E-state index in [0.29, 0.717) is 17.1 Å². The first kappa shape index (κ1) is 11.4. The lowest BCUT2D eigenvalue weighted by Crippen LogP contribution is -1.96. The molecule has 0 aliphatic rings. The molecule has 4 nitrogen and oxygen atoms in total. The molecule has 0 saturated heterocycles. The number of hydrogen-bond donors (Lipinski definition) is 0. The predicted octanol–water partition coefficient (Wildman–Crippen LogP) is 2.22. The lowest BCUT2D eigenvalue weighted by atomic mass is 10.1. The second-order valence-corrected chi connectivity index (χ2v) is 3.88. The third kappa shape index (κ3) is 1.93. The summed E-state index contributed by atoms with van der Waals surface area (Å²) in [5.74, 6) is 0.482. The van der Waals surface area contributed by atoms with Gasteiger partial charge in [-0.1, -0.05) is 29.8 Å². The Kier molecular flexibility index (Phi) is 2.95. The number of rotatable bonds is 3. The van der Waals surface area contributed by atoms with Crippen LogP contribution in [0.1, 0.15) is 15.9 Å². The van der Waals surface area contributed by atoms with Crippen molar-refractivity contribution in [2.45, 2.75) is 6.92 Å². The Labute approximate surface area is 99.8 Å². The molecule has 0 unspecified atom stereocenters. The number of hydrogen-bond acceptors (Lipinski definition) is 3. The highest BCUT2D eigenvalue weighted by atomic mass is 16.5. The van der Waals surface area contributed by atoms with Crippen LogP contribution in [0.4, 0.5) is 0 Å². The van der Waals surface area contributed by atoms with E-state index >= 15 is 0 Å². The lowest BCUT2D eigenvalue weighted by Gasteiger charge is -1.99. The van der Waals surface area contributed by atoms with Gasteiger partial charge in [-0.2, -0.15) is 5.10 Å². The zero-order valence-corrected chi connectivity index (χ0v) is 10.1. The number of nitrogens with zero attached hydrogens (tertiary/aromatic N) is 2. The highest BCUT2D eigenvalue weighted by Crippen LogP contribution is 2.28. The molecule has 0 bridgehead atoms. The first-order valence-electron chi connectivity index (χ1n) is 5.30. The van der Waals surface area contributed by atoms with E-state index in [2.05, 4.69) is 5.10 Å². The molecule has 1 heterocycles. The van der Waals surface area contributed by atoms with Gasteiger partial charge in [0.05, 0.1) is 7.11 Å². The van der Waals surface area contributed by atoms with Crippen LogP contribution >= 0.6 is 0 Å². The molecule has 0 N–H and O–H groups in total. The van der Waals surface area contributed by atoms with Crippen molar-refractivity contribution in [3.05, 3.63) is 35.4 Å². The average molecular weight is 230 g/mol. The van der Waals surface area contributed by atoms with Crippen LogP contribution in [0.15, 0.2) is 24.3 Å². The van der Waals surface area contributed by atoms with E-state index in [9.17, 15) is 4.79 Å². The third-order valence-corrected chi connectivity index (χ3v) is 2.67. The molecule has 2 aromatic rings. The van der Waals surface area contributed by atoms with Gasteiger partial charge in [0.15, 0.2) is 6.29 Å². The van der Waals surface area contributed by atoms with Crippen molar-refractivity contribution < 1.29 is 9.53 Å². The molecule has 0 radical (unpaired) electrons. The van der Waals surface area contributed by atoms with Crippen molar-refractivity contribution in [3.8, 4) is 17.1 Å². The van der Waals surface area contributed by atoms with Crippen molar-refractivity contribution >= 4 is 6.29 Å². The van der Waals surface area contributed by atoms with Gasteiger partial charge >= 0.3 is 0 Å². The molecule has 4 heteroatoms. The Hall–Kier alpha value is -2.10. The average Bonchev–Trinajstić information content (AvgIpc) is 2.66. The summed E-state index contributed by atoms with van der Waals surface area (Å²) in [6.07, 6.45) is 0.779. The van der Waals surface area contributed by atoms with Gasteiger partial charge in [0.1, 0.15) is 11.3 Å². The van der Waals surface area contributed by atoms with E-state index in [1.807, 2.05) is 31.2 Å². The van der Waals surface area contributed by atoms with Gasteiger partial charge in [0.25, 0.3) is 0 Å². The fourth-order valence-electron chi connectivity index (χ4n) is 1.80. The van der Waals surface area contributed by atoms with Crippen molar-refractivity contribution in [2.24, 2.45) is 7.05 Å². The highest BCUT2D eigenvalue weighted by Gasteiger charge is 2.17. The van der Waals surface area contributed by atoms with E-state index in [1.165, 1.54) is 12.7 Å². The van der Waals surface area contributed by atoms with E-state index in [4.69, 9.17) is 4.74 Å². The zero-order valence-electron chi connectivity index (χ0n) is 10.1. The molecule has 1 aromatic carbocycles. The summed E-state index contributed by atoms with van der Waals surface area (Å²) in [6, 6.07) is 7.88. The van der Waals surface area contributed by atoms with Crippen molar-refractivity contribution in [2.75, 3.05) is 7.11 Å². The third-order valence-electron chi connectivity index (χ3n) is 2.67. The molecule has 88 valence electrons. The van der Waals surface area contributed by atoms with Crippen molar-refractivity contribution in [1.82, 2.24) is 9.78 Å². The van der Waals surface area contributed by atoms with Crippen LogP contribution in [-0.2, 0) is 7.05 Å². The number of carbonyl (C=O) groups is 1. The summed E-state index contributed by atoms with van der Waals surface area (Å²) >= 11 is 0. The van der Waals surface area contributed by atoms with Crippen molar-refractivity contribution in [3.63, 3.8) is 0 Å². The van der Waals surface area contributed by atoms with E-state index in [-0.39, 0.29) is 0 Å². The largest absolute Gasteiger partial charge is 0.481 e. The molecule has 2 rings (SSSR count). The van der Waals surface area contributed by atoms with Gasteiger partial charge in [0, 0.05) is 12.6 Å². The van der Waals surface area contributed by atoms with Crippen LogP contribution in [0.25, 0.3) is 11.3 Å². The monoisotopic (exact) mass is 230 g/mol. The topological polar surface area (TPSA) is 44.1 Å². The standard InChI is InChI=1S/C13H14N2O2/c1-9-4-6-10(7-5-9)12-11(8-16)13(17-3)15(2)14-12/h4-8H,1-3H3. The number of benzene rings is 1. The summed E-state index contributed by atoms with van der Waals surface area (Å²) < 4.78 is 6.73. The van der Waals surface area contributed by atoms with Crippen LogP contribution in [-0.4, -0.2) is 23.2 Å². The van der Waals surface area contributed by atoms with E-state index in [1.54, 1.807) is 11.7 Å². The molecule has 0 amide bonds. The number of ether oxygens (including phenoxy) is 1. The highest BCUT2D eigenvalue weighted by molar-refractivity contribution is 5.88. The molecular weight excluding hydrogens is 216 g/mol. The Morgan fingerprint density at radius 1 is 1.29 bits per heavy atom. The normalized spacial score (nSPS) is 10.3. The summed E-state index contributed by atoms with van der Waals surface area (Å²) in [5.41, 5.74) is 3.22.